The molecular formula is C17H20N4O. The van der Waals surface area contributed by atoms with E-state index in [0.717, 1.165) is 11.3 Å². The van der Waals surface area contributed by atoms with Gasteiger partial charge in [0.15, 0.2) is 0 Å². The molecule has 2 rings (SSSR count). The number of hydrogen-bond donors (Lipinski definition) is 2. The second kappa shape index (κ2) is 7.26. The fourth-order valence-corrected chi connectivity index (χ4v) is 1.93. The van der Waals surface area contributed by atoms with Gasteiger partial charge in [-0.1, -0.05) is 23.8 Å². The highest BCUT2D eigenvalue weighted by atomic mass is 16.5. The van der Waals surface area contributed by atoms with Crippen LogP contribution in [0.15, 0.2) is 52.7 Å². The van der Waals surface area contributed by atoms with Gasteiger partial charge in [0.1, 0.15) is 12.4 Å². The number of rotatable bonds is 5. The Bertz CT molecular complexity index is 686. The van der Waals surface area contributed by atoms with E-state index in [1.165, 1.54) is 16.7 Å². The minimum absolute atomic E-state index is 0.0651. The SMILES string of the molecule is Cc1ccc(C)c(COc2ccc(/C=N/N=C(N)N)cc2)c1. The highest BCUT2D eigenvalue weighted by Crippen LogP contribution is 2.16. The van der Waals surface area contributed by atoms with Gasteiger partial charge < -0.3 is 16.2 Å². The van der Waals surface area contributed by atoms with Crippen LogP contribution >= 0.6 is 0 Å². The number of nitrogens with zero attached hydrogens (tertiary/aromatic N) is 2. The first kappa shape index (κ1) is 15.6. The summed E-state index contributed by atoms with van der Waals surface area (Å²) in [5, 5.41) is 7.30. The standard InChI is InChI=1S/C17H20N4O/c1-12-3-4-13(2)15(9-12)11-22-16-7-5-14(6-8-16)10-20-21-17(18)19/h3-10H,11H2,1-2H3,(H4,18,19,21)/b20-10+. The number of nitrogens with two attached hydrogens (primary N) is 2. The minimum Gasteiger partial charge on any atom is -0.489 e. The van der Waals surface area contributed by atoms with Crippen LogP contribution in [0.25, 0.3) is 0 Å². The molecule has 0 aliphatic carbocycles. The van der Waals surface area contributed by atoms with Crippen molar-refractivity contribution in [1.82, 2.24) is 0 Å². The van der Waals surface area contributed by atoms with E-state index < -0.39 is 0 Å². The van der Waals surface area contributed by atoms with Gasteiger partial charge in [-0.25, -0.2) is 0 Å². The summed E-state index contributed by atoms with van der Waals surface area (Å²) in [6, 6.07) is 13.9. The van der Waals surface area contributed by atoms with Crippen LogP contribution < -0.4 is 16.2 Å². The maximum atomic E-state index is 5.81. The van der Waals surface area contributed by atoms with Gasteiger partial charge >= 0.3 is 0 Å². The fourth-order valence-electron chi connectivity index (χ4n) is 1.93. The molecule has 114 valence electrons. The molecule has 2 aromatic carbocycles. The Hall–Kier alpha value is -2.82. The third kappa shape index (κ3) is 4.63. The molecule has 0 aliphatic rings. The van der Waals surface area contributed by atoms with Crippen molar-refractivity contribution in [2.45, 2.75) is 20.5 Å². The first-order valence-electron chi connectivity index (χ1n) is 6.95. The molecule has 0 saturated carbocycles. The molecule has 0 heterocycles. The third-order valence-corrected chi connectivity index (χ3v) is 3.16. The topological polar surface area (TPSA) is 86.0 Å². The second-order valence-electron chi connectivity index (χ2n) is 5.06. The van der Waals surface area contributed by atoms with Crippen LogP contribution in [-0.2, 0) is 6.61 Å². The van der Waals surface area contributed by atoms with Crippen molar-refractivity contribution in [1.29, 1.82) is 0 Å². The molecule has 0 spiro atoms. The predicted molar refractivity (Wildman–Crippen MR) is 90.1 cm³/mol. The van der Waals surface area contributed by atoms with Crippen LogP contribution in [0.3, 0.4) is 0 Å². The molecule has 0 aliphatic heterocycles. The van der Waals surface area contributed by atoms with Crippen LogP contribution in [0.4, 0.5) is 0 Å². The number of benzene rings is 2. The number of aryl methyl sites for hydroxylation is 2. The molecule has 4 N–H and O–H groups in total. The number of hydrogen-bond acceptors (Lipinski definition) is 3. The van der Waals surface area contributed by atoms with E-state index >= 15 is 0 Å². The summed E-state index contributed by atoms with van der Waals surface area (Å²) in [4.78, 5) is 0. The molecule has 0 aromatic heterocycles. The van der Waals surface area contributed by atoms with Crippen molar-refractivity contribution < 1.29 is 4.74 Å². The fraction of sp³-hybridized carbons (Fsp3) is 0.176. The molecule has 5 heteroatoms. The minimum atomic E-state index is -0.0651. The Kier molecular flexibility index (Phi) is 5.14. The monoisotopic (exact) mass is 296 g/mol. The Balaban J connectivity index is 1.98. The Morgan fingerprint density at radius 2 is 1.82 bits per heavy atom. The van der Waals surface area contributed by atoms with E-state index in [1.54, 1.807) is 6.21 Å². The van der Waals surface area contributed by atoms with Crippen LogP contribution in [0.2, 0.25) is 0 Å². The molecule has 0 radical (unpaired) electrons. The molecule has 0 saturated heterocycles. The van der Waals surface area contributed by atoms with Gasteiger partial charge in [-0.05, 0) is 54.8 Å². The second-order valence-corrected chi connectivity index (χ2v) is 5.06. The average Bonchev–Trinajstić information content (AvgIpc) is 2.49. The van der Waals surface area contributed by atoms with E-state index in [4.69, 9.17) is 16.2 Å². The van der Waals surface area contributed by atoms with E-state index in [-0.39, 0.29) is 5.96 Å². The van der Waals surface area contributed by atoms with Crippen molar-refractivity contribution in [3.8, 4) is 5.75 Å². The van der Waals surface area contributed by atoms with Gasteiger partial charge in [-0.3, -0.25) is 0 Å². The lowest BCUT2D eigenvalue weighted by Gasteiger charge is -2.09. The lowest BCUT2D eigenvalue weighted by atomic mass is 10.1. The Labute approximate surface area is 130 Å². The quantitative estimate of drug-likeness (QED) is 0.505. The van der Waals surface area contributed by atoms with Crippen LogP contribution in [0.1, 0.15) is 22.3 Å². The van der Waals surface area contributed by atoms with Gasteiger partial charge in [0.05, 0.1) is 6.21 Å². The molecule has 5 nitrogen and oxygen atoms in total. The van der Waals surface area contributed by atoms with Crippen molar-refractivity contribution >= 4 is 12.2 Å². The van der Waals surface area contributed by atoms with Crippen LogP contribution in [-0.4, -0.2) is 12.2 Å². The first-order valence-corrected chi connectivity index (χ1v) is 6.95. The maximum absolute atomic E-state index is 5.81. The Morgan fingerprint density at radius 1 is 1.09 bits per heavy atom. The van der Waals surface area contributed by atoms with Gasteiger partial charge in [0.25, 0.3) is 0 Å². The van der Waals surface area contributed by atoms with E-state index in [0.29, 0.717) is 6.61 Å². The van der Waals surface area contributed by atoms with Gasteiger partial charge in [-0.2, -0.15) is 5.10 Å². The van der Waals surface area contributed by atoms with Crippen molar-refractivity contribution in [2.75, 3.05) is 0 Å². The zero-order valence-electron chi connectivity index (χ0n) is 12.8. The first-order chi connectivity index (χ1) is 10.5. The molecule has 22 heavy (non-hydrogen) atoms. The van der Waals surface area contributed by atoms with E-state index in [1.807, 2.05) is 24.3 Å². The van der Waals surface area contributed by atoms with E-state index in [2.05, 4.69) is 42.2 Å². The summed E-state index contributed by atoms with van der Waals surface area (Å²) in [5.41, 5.74) is 14.9. The van der Waals surface area contributed by atoms with Gasteiger partial charge in [0, 0.05) is 0 Å². The number of guanidine groups is 1. The van der Waals surface area contributed by atoms with Gasteiger partial charge in [-0.15, -0.1) is 5.10 Å². The summed E-state index contributed by atoms with van der Waals surface area (Å²) in [5.74, 6) is 0.740. The average molecular weight is 296 g/mol. The zero-order valence-corrected chi connectivity index (χ0v) is 12.8. The predicted octanol–water partition coefficient (Wildman–Crippen LogP) is 2.49. The zero-order chi connectivity index (χ0) is 15.9. The van der Waals surface area contributed by atoms with Crippen molar-refractivity contribution in [2.24, 2.45) is 21.7 Å². The molecule has 0 fully saturated rings. The van der Waals surface area contributed by atoms with Gasteiger partial charge in [0.2, 0.25) is 5.96 Å². The highest BCUT2D eigenvalue weighted by Gasteiger charge is 2.00. The molecular weight excluding hydrogens is 276 g/mol. The van der Waals surface area contributed by atoms with Crippen LogP contribution in [0, 0.1) is 13.8 Å². The summed E-state index contributed by atoms with van der Waals surface area (Å²) in [6.45, 7) is 4.71. The molecule has 2 aromatic rings. The summed E-state index contributed by atoms with van der Waals surface area (Å²) < 4.78 is 5.81. The van der Waals surface area contributed by atoms with Crippen molar-refractivity contribution in [3.63, 3.8) is 0 Å². The molecule has 0 unspecified atom stereocenters. The summed E-state index contributed by atoms with van der Waals surface area (Å²) >= 11 is 0. The summed E-state index contributed by atoms with van der Waals surface area (Å²) in [7, 11) is 0. The maximum Gasteiger partial charge on any atom is 0.211 e. The molecule has 0 amide bonds. The molecule has 0 bridgehead atoms. The van der Waals surface area contributed by atoms with Crippen molar-refractivity contribution in [3.05, 3.63) is 64.7 Å². The third-order valence-electron chi connectivity index (χ3n) is 3.16. The van der Waals surface area contributed by atoms with E-state index in [9.17, 15) is 0 Å². The lowest BCUT2D eigenvalue weighted by Crippen LogP contribution is -2.21. The Morgan fingerprint density at radius 3 is 2.50 bits per heavy atom. The van der Waals surface area contributed by atoms with Crippen LogP contribution in [0.5, 0.6) is 5.75 Å². The normalized spacial score (nSPS) is 10.6. The lowest BCUT2D eigenvalue weighted by molar-refractivity contribution is 0.305. The molecule has 0 atom stereocenters. The summed E-state index contributed by atoms with van der Waals surface area (Å²) in [6.07, 6.45) is 1.58. The highest BCUT2D eigenvalue weighted by molar-refractivity contribution is 5.81. The largest absolute Gasteiger partial charge is 0.489 e. The smallest absolute Gasteiger partial charge is 0.211 e. The number of ether oxygens (including phenoxy) is 1.